The van der Waals surface area contributed by atoms with Gasteiger partial charge in [0.25, 0.3) is 0 Å². The Kier molecular flexibility index (Phi) is 13.2. The van der Waals surface area contributed by atoms with Crippen molar-refractivity contribution < 1.29 is 47.9 Å². The third-order valence-corrected chi connectivity index (χ3v) is 10.3. The molecule has 0 amide bonds. The largest absolute Gasteiger partial charge is 0.467 e. The first-order valence-corrected chi connectivity index (χ1v) is 18.7. The number of aromatic amines is 1. The van der Waals surface area contributed by atoms with Gasteiger partial charge in [0.2, 0.25) is 5.90 Å². The van der Waals surface area contributed by atoms with Crippen LogP contribution in [0.3, 0.4) is 0 Å². The van der Waals surface area contributed by atoms with Gasteiger partial charge in [0.15, 0.2) is 18.3 Å². The van der Waals surface area contributed by atoms with Crippen molar-refractivity contribution in [3.05, 3.63) is 69.6 Å². The number of carbonyl (C=O) groups is 3. The normalized spacial score (nSPS) is 31.8. The average Bonchev–Trinajstić information content (AvgIpc) is 3.89. The molecule has 5 rings (SSSR count). The molecule has 4 bridgehead atoms. The van der Waals surface area contributed by atoms with Gasteiger partial charge < -0.3 is 38.5 Å². The molecule has 6 atom stereocenters. The highest BCUT2D eigenvalue weighted by atomic mass is 16.6. The fourth-order valence-electron chi connectivity index (χ4n) is 7.15. The number of aliphatic hydroxyl groups excluding tert-OH is 1. The number of nitrogens with zero attached hydrogens (tertiary/aromatic N) is 1. The van der Waals surface area contributed by atoms with Gasteiger partial charge in [-0.05, 0) is 93.2 Å². The quantitative estimate of drug-likeness (QED) is 0.136. The number of ether oxygens (including phenoxy) is 6. The second kappa shape index (κ2) is 17.4. The van der Waals surface area contributed by atoms with E-state index < -0.39 is 54.3 Å². The van der Waals surface area contributed by atoms with Crippen molar-refractivity contribution in [3.63, 3.8) is 0 Å². The topological polar surface area (TPSA) is 155 Å². The Morgan fingerprint density at radius 1 is 1.13 bits per heavy atom. The van der Waals surface area contributed by atoms with E-state index in [-0.39, 0.29) is 30.6 Å². The molecule has 2 saturated heterocycles. The molecule has 2 N–H and O–H groups in total. The Morgan fingerprint density at radius 3 is 2.60 bits per heavy atom. The lowest BCUT2D eigenvalue weighted by Gasteiger charge is -2.27. The van der Waals surface area contributed by atoms with Crippen molar-refractivity contribution in [1.82, 2.24) is 4.98 Å². The van der Waals surface area contributed by atoms with Crippen LogP contribution in [0.1, 0.15) is 85.5 Å². The zero-order valence-electron chi connectivity index (χ0n) is 32.4. The number of hydrogen-bond acceptors (Lipinski definition) is 11. The maximum atomic E-state index is 13.7. The highest BCUT2D eigenvalue weighted by Gasteiger charge is 2.57. The van der Waals surface area contributed by atoms with Gasteiger partial charge in [0.05, 0.1) is 19.3 Å². The molecule has 12 nitrogen and oxygen atoms in total. The summed E-state index contributed by atoms with van der Waals surface area (Å²) in [5, 5.41) is 10.2. The van der Waals surface area contributed by atoms with E-state index in [9.17, 15) is 19.5 Å². The van der Waals surface area contributed by atoms with Crippen LogP contribution in [0.2, 0.25) is 0 Å². The Balaban J connectivity index is 1.54. The van der Waals surface area contributed by atoms with Crippen LogP contribution in [-0.2, 0) is 49.2 Å². The Bertz CT molecular complexity index is 1680. The van der Waals surface area contributed by atoms with E-state index >= 15 is 0 Å². The van der Waals surface area contributed by atoms with Crippen LogP contribution in [0.4, 0.5) is 0 Å². The van der Waals surface area contributed by atoms with Gasteiger partial charge in [-0.2, -0.15) is 0 Å². The van der Waals surface area contributed by atoms with E-state index in [1.165, 1.54) is 12.5 Å². The summed E-state index contributed by atoms with van der Waals surface area (Å²) in [5.74, 6) is -1.39. The molecule has 1 aromatic heterocycles. The average molecular weight is 737 g/mol. The van der Waals surface area contributed by atoms with E-state index in [2.05, 4.69) is 31.8 Å². The second-order valence-corrected chi connectivity index (χ2v) is 15.7. The number of hydrogen-bond donors (Lipinski definition) is 2. The van der Waals surface area contributed by atoms with Crippen LogP contribution in [0.25, 0.3) is 0 Å². The number of fused-ring (bicyclic) bond motifs is 6. The van der Waals surface area contributed by atoms with Gasteiger partial charge in [0, 0.05) is 37.5 Å². The number of esters is 3. The first-order valence-electron chi connectivity index (χ1n) is 18.7. The standard InChI is InChI=1S/C41H56N2O10/c1-23(2)16-27-18-35(45)52-37-36(53-40(47)41(37,7)22-44)26(6)11-12-28-13-14-31(42-28)38-43-32(34(51-38)21-50-39(27)46)19-29-30(25(5)10-9-15-48-8)20-49-33(29)17-24(3)4/h11,13-14,18-19,23-24,32-34,36-37,42,44H,9-10,12,15-17,20-22H2,1-8H3/b26-11+,27-18+,29-19-,30-25+/t32-,33?,34-,36-,37-,41+/m0/s1. The van der Waals surface area contributed by atoms with Crippen LogP contribution in [0, 0.1) is 17.3 Å². The Morgan fingerprint density at radius 2 is 1.91 bits per heavy atom. The molecule has 4 aliphatic rings. The number of nitrogens with one attached hydrogen (secondary N) is 1. The van der Waals surface area contributed by atoms with Crippen LogP contribution < -0.4 is 0 Å². The molecule has 1 unspecified atom stereocenters. The minimum atomic E-state index is -1.49. The summed E-state index contributed by atoms with van der Waals surface area (Å²) in [4.78, 5) is 48.5. The summed E-state index contributed by atoms with van der Waals surface area (Å²) in [6.45, 7) is 14.1. The Hall–Kier alpha value is -4.00. The van der Waals surface area contributed by atoms with Gasteiger partial charge in [-0.1, -0.05) is 39.3 Å². The molecule has 0 saturated carbocycles. The van der Waals surface area contributed by atoms with Crippen LogP contribution >= 0.6 is 0 Å². The fraction of sp³-hybridized carbons (Fsp3) is 0.610. The summed E-state index contributed by atoms with van der Waals surface area (Å²) in [7, 11) is 1.71. The van der Waals surface area contributed by atoms with Crippen LogP contribution in [0.5, 0.6) is 0 Å². The van der Waals surface area contributed by atoms with Gasteiger partial charge in [-0.15, -0.1) is 0 Å². The summed E-state index contributed by atoms with van der Waals surface area (Å²) in [6, 6.07) is 3.32. The number of allylic oxidation sites excluding steroid dienone is 2. The third-order valence-electron chi connectivity index (χ3n) is 10.3. The molecule has 2 fully saturated rings. The molecule has 0 aromatic carbocycles. The highest BCUT2D eigenvalue weighted by Crippen LogP contribution is 2.40. The van der Waals surface area contributed by atoms with Gasteiger partial charge in [0.1, 0.15) is 23.8 Å². The summed E-state index contributed by atoms with van der Waals surface area (Å²) < 4.78 is 35.5. The molecule has 290 valence electrons. The maximum Gasteiger partial charge on any atom is 0.334 e. The monoisotopic (exact) mass is 736 g/mol. The molecule has 4 aliphatic heterocycles. The molecular weight excluding hydrogens is 680 g/mol. The van der Waals surface area contributed by atoms with Gasteiger partial charge in [-0.25, -0.2) is 14.6 Å². The Labute approximate surface area is 312 Å². The number of rotatable bonds is 10. The van der Waals surface area contributed by atoms with E-state index in [0.717, 1.165) is 42.2 Å². The zero-order valence-corrected chi connectivity index (χ0v) is 32.4. The first kappa shape index (κ1) is 40.2. The van der Waals surface area contributed by atoms with Crippen molar-refractivity contribution >= 4 is 23.8 Å². The van der Waals surface area contributed by atoms with Crippen molar-refractivity contribution in [3.8, 4) is 0 Å². The minimum absolute atomic E-state index is 0.00583. The van der Waals surface area contributed by atoms with Gasteiger partial charge >= 0.3 is 17.9 Å². The lowest BCUT2D eigenvalue weighted by atomic mass is 9.83. The van der Waals surface area contributed by atoms with E-state index in [1.54, 1.807) is 14.0 Å². The molecule has 0 spiro atoms. The molecule has 12 heteroatoms. The zero-order chi connectivity index (χ0) is 38.4. The van der Waals surface area contributed by atoms with E-state index in [1.807, 2.05) is 32.1 Å². The summed E-state index contributed by atoms with van der Waals surface area (Å²) in [6.07, 6.45) is 5.63. The number of cyclic esters (lactones) is 1. The minimum Gasteiger partial charge on any atom is -0.467 e. The second-order valence-electron chi connectivity index (χ2n) is 15.7. The number of aromatic nitrogens is 1. The number of methoxy groups -OCH3 is 1. The summed E-state index contributed by atoms with van der Waals surface area (Å²) >= 11 is 0. The molecular formula is C41H56N2O10. The predicted molar refractivity (Wildman–Crippen MR) is 198 cm³/mol. The molecule has 53 heavy (non-hydrogen) atoms. The number of carbonyl (C=O) groups excluding carboxylic acids is 3. The van der Waals surface area contributed by atoms with Crippen molar-refractivity contribution in [2.24, 2.45) is 22.2 Å². The van der Waals surface area contributed by atoms with Crippen LogP contribution in [-0.4, -0.2) is 97.9 Å². The predicted octanol–water partition coefficient (Wildman–Crippen LogP) is 5.50. The van der Waals surface area contributed by atoms with E-state index in [4.69, 9.17) is 33.4 Å². The fourth-order valence-corrected chi connectivity index (χ4v) is 7.15. The van der Waals surface area contributed by atoms with Crippen LogP contribution in [0.15, 0.2) is 63.2 Å². The molecule has 0 aliphatic carbocycles. The highest BCUT2D eigenvalue weighted by molar-refractivity contribution is 5.97. The van der Waals surface area contributed by atoms with Gasteiger partial charge in [-0.3, -0.25) is 4.79 Å². The first-order chi connectivity index (χ1) is 25.2. The summed E-state index contributed by atoms with van der Waals surface area (Å²) in [5.41, 5.74) is 4.28. The molecule has 1 aromatic rings. The van der Waals surface area contributed by atoms with Crippen molar-refractivity contribution in [2.75, 3.05) is 33.5 Å². The number of aliphatic imine (C=N–C) groups is 1. The molecule has 0 radical (unpaired) electrons. The maximum absolute atomic E-state index is 13.7. The van der Waals surface area contributed by atoms with Crippen molar-refractivity contribution in [1.29, 1.82) is 0 Å². The SMILES string of the molecule is COCCC/C(C)=C1\COC(CC(C)C)\C1=C/[C@@H]1N=C2O[C@H]1COC(=O)/C(CC(C)C)=C/C(=O)O[C@H]1[C@@H](OC(=O)[C@]1(C)CO)/C(C)=C/Cc1ccc2[nH]1. The lowest BCUT2D eigenvalue weighted by Crippen LogP contribution is -2.43. The number of H-pyrrole nitrogens is 1. The van der Waals surface area contributed by atoms with Crippen molar-refractivity contribution in [2.45, 2.75) is 111 Å². The molecule has 5 heterocycles. The van der Waals surface area contributed by atoms with E-state index in [0.29, 0.717) is 42.7 Å². The number of aliphatic hydroxyl groups is 1. The smallest absolute Gasteiger partial charge is 0.334 e. The third kappa shape index (κ3) is 9.39. The lowest BCUT2D eigenvalue weighted by molar-refractivity contribution is -0.153.